The van der Waals surface area contributed by atoms with Gasteiger partial charge < -0.3 is 16.4 Å². The smallest absolute Gasteiger partial charge is 0.250 e. The van der Waals surface area contributed by atoms with Gasteiger partial charge in [-0.2, -0.15) is 5.26 Å². The molecule has 0 saturated heterocycles. The number of nitrogens with two attached hydrogens (primary N) is 2. The number of hydrogen-bond donors (Lipinski definition) is 2. The summed E-state index contributed by atoms with van der Waals surface area (Å²) >= 11 is 0. The zero-order chi connectivity index (χ0) is 13.0. The zero-order valence-electron chi connectivity index (χ0n) is 9.97. The molecule has 0 spiro atoms. The van der Waals surface area contributed by atoms with Gasteiger partial charge in [0.2, 0.25) is 0 Å². The van der Waals surface area contributed by atoms with Crippen LogP contribution in [0.1, 0.15) is 17.3 Å². The van der Waals surface area contributed by atoms with E-state index in [9.17, 15) is 4.79 Å². The zero-order valence-corrected chi connectivity index (χ0v) is 9.97. The van der Waals surface area contributed by atoms with Crippen molar-refractivity contribution in [2.45, 2.75) is 6.92 Å². The molecule has 0 aliphatic rings. The van der Waals surface area contributed by atoms with Crippen molar-refractivity contribution in [3.8, 4) is 6.07 Å². The molecule has 1 atom stereocenters. The molecule has 1 aromatic carbocycles. The van der Waals surface area contributed by atoms with Crippen molar-refractivity contribution in [2.75, 3.05) is 24.2 Å². The summed E-state index contributed by atoms with van der Waals surface area (Å²) in [4.78, 5) is 13.1. The second-order valence-corrected chi connectivity index (χ2v) is 4.05. The van der Waals surface area contributed by atoms with Crippen molar-refractivity contribution < 1.29 is 4.79 Å². The Balaban J connectivity index is 3.07. The summed E-state index contributed by atoms with van der Waals surface area (Å²) in [6.07, 6.45) is 0. The molecule has 1 rings (SSSR count). The highest BCUT2D eigenvalue weighted by atomic mass is 16.1. The number of carbonyl (C=O) groups is 1. The SMILES string of the molecule is CC(C#N)CN(C)c1cc(N)ccc1C(N)=O. The molecular weight excluding hydrogens is 216 g/mol. The van der Waals surface area contributed by atoms with Gasteiger partial charge in [-0.3, -0.25) is 4.79 Å². The molecular formula is C12H16N4O. The molecule has 90 valence electrons. The van der Waals surface area contributed by atoms with E-state index in [4.69, 9.17) is 16.7 Å². The van der Waals surface area contributed by atoms with Crippen molar-refractivity contribution >= 4 is 17.3 Å². The Morgan fingerprint density at radius 3 is 2.76 bits per heavy atom. The van der Waals surface area contributed by atoms with Crippen molar-refractivity contribution in [1.82, 2.24) is 0 Å². The quantitative estimate of drug-likeness (QED) is 0.756. The van der Waals surface area contributed by atoms with Gasteiger partial charge in [0, 0.05) is 19.3 Å². The molecule has 0 aromatic heterocycles. The Labute approximate surface area is 101 Å². The Morgan fingerprint density at radius 1 is 1.59 bits per heavy atom. The maximum atomic E-state index is 11.3. The fraction of sp³-hybridized carbons (Fsp3) is 0.333. The molecule has 0 radical (unpaired) electrons. The first kappa shape index (κ1) is 12.8. The Hall–Kier alpha value is -2.22. The maximum absolute atomic E-state index is 11.3. The third-order valence-electron chi connectivity index (χ3n) is 2.47. The summed E-state index contributed by atoms with van der Waals surface area (Å²) in [6, 6.07) is 7.05. The van der Waals surface area contributed by atoms with Gasteiger partial charge in [0.15, 0.2) is 0 Å². The molecule has 0 bridgehead atoms. The van der Waals surface area contributed by atoms with E-state index in [-0.39, 0.29) is 5.92 Å². The summed E-state index contributed by atoms with van der Waals surface area (Å²) in [5, 5.41) is 8.77. The fourth-order valence-electron chi connectivity index (χ4n) is 1.62. The van der Waals surface area contributed by atoms with Gasteiger partial charge in [-0.15, -0.1) is 0 Å². The Morgan fingerprint density at radius 2 is 2.24 bits per heavy atom. The fourth-order valence-corrected chi connectivity index (χ4v) is 1.62. The van der Waals surface area contributed by atoms with Crippen LogP contribution in [0.3, 0.4) is 0 Å². The lowest BCUT2D eigenvalue weighted by atomic mass is 10.1. The van der Waals surface area contributed by atoms with Gasteiger partial charge in [-0.05, 0) is 25.1 Å². The molecule has 1 amide bonds. The van der Waals surface area contributed by atoms with E-state index in [2.05, 4.69) is 6.07 Å². The second-order valence-electron chi connectivity index (χ2n) is 4.05. The van der Waals surface area contributed by atoms with Gasteiger partial charge in [0.1, 0.15) is 0 Å². The standard InChI is InChI=1S/C12H16N4O/c1-8(6-13)7-16(2)11-5-9(14)3-4-10(11)12(15)17/h3-5,8H,7,14H2,1-2H3,(H2,15,17). The van der Waals surface area contributed by atoms with Crippen molar-refractivity contribution in [1.29, 1.82) is 5.26 Å². The molecule has 1 unspecified atom stereocenters. The van der Waals surface area contributed by atoms with Crippen LogP contribution in [0.15, 0.2) is 18.2 Å². The number of nitriles is 1. The first-order valence-electron chi connectivity index (χ1n) is 5.25. The molecule has 5 nitrogen and oxygen atoms in total. The van der Waals surface area contributed by atoms with E-state index in [1.54, 1.807) is 25.2 Å². The van der Waals surface area contributed by atoms with Gasteiger partial charge >= 0.3 is 0 Å². The van der Waals surface area contributed by atoms with Crippen LogP contribution in [0, 0.1) is 17.2 Å². The number of primary amides is 1. The first-order valence-corrected chi connectivity index (χ1v) is 5.25. The van der Waals surface area contributed by atoms with Crippen molar-refractivity contribution in [2.24, 2.45) is 11.7 Å². The van der Waals surface area contributed by atoms with Gasteiger partial charge in [-0.1, -0.05) is 0 Å². The molecule has 0 heterocycles. The van der Waals surface area contributed by atoms with Crippen LogP contribution in [0.4, 0.5) is 11.4 Å². The lowest BCUT2D eigenvalue weighted by Crippen LogP contribution is -2.26. The lowest BCUT2D eigenvalue weighted by Gasteiger charge is -2.22. The molecule has 17 heavy (non-hydrogen) atoms. The minimum atomic E-state index is -0.503. The van der Waals surface area contributed by atoms with E-state index in [1.807, 2.05) is 11.8 Å². The minimum Gasteiger partial charge on any atom is -0.399 e. The van der Waals surface area contributed by atoms with Gasteiger partial charge in [0.05, 0.1) is 23.2 Å². The Kier molecular flexibility index (Phi) is 3.94. The molecule has 4 N–H and O–H groups in total. The number of hydrogen-bond acceptors (Lipinski definition) is 4. The largest absolute Gasteiger partial charge is 0.399 e. The van der Waals surface area contributed by atoms with E-state index >= 15 is 0 Å². The number of carbonyl (C=O) groups excluding carboxylic acids is 1. The average Bonchev–Trinajstić information content (AvgIpc) is 2.28. The average molecular weight is 232 g/mol. The van der Waals surface area contributed by atoms with Crippen LogP contribution in [0.25, 0.3) is 0 Å². The highest BCUT2D eigenvalue weighted by Crippen LogP contribution is 2.23. The number of amides is 1. The molecule has 1 aromatic rings. The van der Waals surface area contributed by atoms with E-state index in [0.29, 0.717) is 23.5 Å². The van der Waals surface area contributed by atoms with Crippen molar-refractivity contribution in [3.63, 3.8) is 0 Å². The molecule has 0 fully saturated rings. The minimum absolute atomic E-state index is 0.137. The predicted molar refractivity (Wildman–Crippen MR) is 67.4 cm³/mol. The number of anilines is 2. The monoisotopic (exact) mass is 232 g/mol. The highest BCUT2D eigenvalue weighted by Gasteiger charge is 2.14. The summed E-state index contributed by atoms with van der Waals surface area (Å²) in [7, 11) is 1.80. The van der Waals surface area contributed by atoms with Crippen LogP contribution in [0.5, 0.6) is 0 Å². The topological polar surface area (TPSA) is 96.1 Å². The molecule has 0 aliphatic heterocycles. The third-order valence-corrected chi connectivity index (χ3v) is 2.47. The van der Waals surface area contributed by atoms with Crippen LogP contribution in [-0.4, -0.2) is 19.5 Å². The number of nitrogens with zero attached hydrogens (tertiary/aromatic N) is 2. The number of rotatable bonds is 4. The first-order chi connectivity index (χ1) is 7.95. The summed E-state index contributed by atoms with van der Waals surface area (Å²) in [5.41, 5.74) is 12.6. The van der Waals surface area contributed by atoms with E-state index in [1.165, 1.54) is 0 Å². The lowest BCUT2D eigenvalue weighted by molar-refractivity contribution is 0.100. The van der Waals surface area contributed by atoms with Crippen molar-refractivity contribution in [3.05, 3.63) is 23.8 Å². The summed E-state index contributed by atoms with van der Waals surface area (Å²) < 4.78 is 0. The summed E-state index contributed by atoms with van der Waals surface area (Å²) in [5.74, 6) is -0.640. The van der Waals surface area contributed by atoms with Crippen LogP contribution in [0.2, 0.25) is 0 Å². The van der Waals surface area contributed by atoms with Crippen LogP contribution >= 0.6 is 0 Å². The van der Waals surface area contributed by atoms with Gasteiger partial charge in [-0.25, -0.2) is 0 Å². The third kappa shape index (κ3) is 3.11. The molecule has 5 heteroatoms. The molecule has 0 aliphatic carbocycles. The highest BCUT2D eigenvalue weighted by molar-refractivity contribution is 5.99. The number of nitrogen functional groups attached to an aromatic ring is 1. The van der Waals surface area contributed by atoms with Crippen LogP contribution < -0.4 is 16.4 Å². The second kappa shape index (κ2) is 5.21. The number of benzene rings is 1. The van der Waals surface area contributed by atoms with E-state index < -0.39 is 5.91 Å². The normalized spacial score (nSPS) is 11.6. The predicted octanol–water partition coefficient (Wildman–Crippen LogP) is 0.964. The Bertz CT molecular complexity index is 464. The summed E-state index contributed by atoms with van der Waals surface area (Å²) in [6.45, 7) is 2.33. The molecule has 0 saturated carbocycles. The van der Waals surface area contributed by atoms with Gasteiger partial charge in [0.25, 0.3) is 5.91 Å². The van der Waals surface area contributed by atoms with E-state index in [0.717, 1.165) is 0 Å². The van der Waals surface area contributed by atoms with Crippen LogP contribution in [-0.2, 0) is 0 Å². The maximum Gasteiger partial charge on any atom is 0.250 e.